The van der Waals surface area contributed by atoms with Crippen molar-refractivity contribution in [1.29, 1.82) is 0 Å². The molecule has 94 valence electrons. The molecule has 0 aliphatic carbocycles. The fraction of sp³-hybridized carbons (Fsp3) is 0.615. The van der Waals surface area contributed by atoms with E-state index in [0.717, 1.165) is 18.1 Å². The smallest absolute Gasteiger partial charge is 0.128 e. The highest BCUT2D eigenvalue weighted by Gasteiger charge is 2.25. The zero-order chi connectivity index (χ0) is 12.4. The molecule has 1 aliphatic rings. The Morgan fingerprint density at radius 3 is 2.65 bits per heavy atom. The molecular formula is C13H22N4. The molecule has 1 aromatic heterocycles. The summed E-state index contributed by atoms with van der Waals surface area (Å²) < 4.78 is 0. The molecular weight excluding hydrogens is 212 g/mol. The molecule has 0 spiro atoms. The van der Waals surface area contributed by atoms with E-state index in [4.69, 9.17) is 0 Å². The molecule has 1 fully saturated rings. The van der Waals surface area contributed by atoms with Gasteiger partial charge in [0, 0.05) is 32.7 Å². The molecule has 0 saturated carbocycles. The molecule has 1 aliphatic heterocycles. The van der Waals surface area contributed by atoms with Crippen LogP contribution in [0.1, 0.15) is 13.3 Å². The first-order valence-corrected chi connectivity index (χ1v) is 6.16. The maximum absolute atomic E-state index is 4.41. The number of nitrogens with zero attached hydrogens (tertiary/aromatic N) is 3. The van der Waals surface area contributed by atoms with Crippen molar-refractivity contribution in [2.45, 2.75) is 25.4 Å². The first-order valence-electron chi connectivity index (χ1n) is 6.16. The predicted molar refractivity (Wildman–Crippen MR) is 72.7 cm³/mol. The second-order valence-corrected chi connectivity index (χ2v) is 5.17. The van der Waals surface area contributed by atoms with Crippen molar-refractivity contribution in [3.63, 3.8) is 0 Å². The van der Waals surface area contributed by atoms with E-state index in [-0.39, 0.29) is 0 Å². The van der Waals surface area contributed by atoms with Crippen molar-refractivity contribution in [2.24, 2.45) is 0 Å². The Balaban J connectivity index is 1.95. The van der Waals surface area contributed by atoms with Crippen molar-refractivity contribution in [1.82, 2.24) is 9.88 Å². The first kappa shape index (κ1) is 12.2. The Kier molecular flexibility index (Phi) is 3.52. The quantitative estimate of drug-likeness (QED) is 0.862. The summed E-state index contributed by atoms with van der Waals surface area (Å²) >= 11 is 0. The van der Waals surface area contributed by atoms with Crippen LogP contribution < -0.4 is 10.2 Å². The van der Waals surface area contributed by atoms with Gasteiger partial charge < -0.3 is 15.1 Å². The van der Waals surface area contributed by atoms with Gasteiger partial charge in [0.1, 0.15) is 5.82 Å². The Morgan fingerprint density at radius 2 is 2.18 bits per heavy atom. The summed E-state index contributed by atoms with van der Waals surface area (Å²) in [6, 6.07) is 5.36. The Labute approximate surface area is 104 Å². The Bertz CT molecular complexity index is 350. The minimum atomic E-state index is 0.544. The SMILES string of the molecule is CC1CC(Nc2ccc(N(C)C)nc2)CN1C. The molecule has 2 heterocycles. The lowest BCUT2D eigenvalue weighted by Gasteiger charge is -2.15. The van der Waals surface area contributed by atoms with E-state index >= 15 is 0 Å². The topological polar surface area (TPSA) is 31.4 Å². The summed E-state index contributed by atoms with van der Waals surface area (Å²) in [7, 11) is 6.19. The van der Waals surface area contributed by atoms with Gasteiger partial charge in [0.05, 0.1) is 11.9 Å². The zero-order valence-electron chi connectivity index (χ0n) is 11.1. The van der Waals surface area contributed by atoms with Gasteiger partial charge in [0.15, 0.2) is 0 Å². The monoisotopic (exact) mass is 234 g/mol. The largest absolute Gasteiger partial charge is 0.380 e. The van der Waals surface area contributed by atoms with Gasteiger partial charge >= 0.3 is 0 Å². The number of aromatic nitrogens is 1. The number of likely N-dealkylation sites (N-methyl/N-ethyl adjacent to an activating group) is 1. The van der Waals surface area contributed by atoms with Gasteiger partial charge in [0.25, 0.3) is 0 Å². The molecule has 2 atom stereocenters. The third-order valence-electron chi connectivity index (χ3n) is 3.46. The van der Waals surface area contributed by atoms with Crippen molar-refractivity contribution in [3.8, 4) is 0 Å². The Hall–Kier alpha value is -1.29. The molecule has 1 saturated heterocycles. The number of hydrogen-bond acceptors (Lipinski definition) is 4. The lowest BCUT2D eigenvalue weighted by molar-refractivity contribution is 0.330. The van der Waals surface area contributed by atoms with E-state index in [1.807, 2.05) is 31.3 Å². The van der Waals surface area contributed by atoms with Crippen LogP contribution in [0, 0.1) is 0 Å². The number of nitrogens with one attached hydrogen (secondary N) is 1. The number of likely N-dealkylation sites (tertiary alicyclic amines) is 1. The molecule has 0 bridgehead atoms. The van der Waals surface area contributed by atoms with Crippen LogP contribution in [0.5, 0.6) is 0 Å². The summed E-state index contributed by atoms with van der Waals surface area (Å²) in [5.41, 5.74) is 1.11. The highest BCUT2D eigenvalue weighted by molar-refractivity contribution is 5.48. The van der Waals surface area contributed by atoms with Gasteiger partial charge in [-0.1, -0.05) is 0 Å². The van der Waals surface area contributed by atoms with Gasteiger partial charge in [-0.15, -0.1) is 0 Å². The predicted octanol–water partition coefficient (Wildman–Crippen LogP) is 1.65. The minimum absolute atomic E-state index is 0.544. The van der Waals surface area contributed by atoms with Gasteiger partial charge in [-0.25, -0.2) is 4.98 Å². The average Bonchev–Trinajstić information content (AvgIpc) is 2.58. The standard InChI is InChI=1S/C13H22N4/c1-10-7-12(9-17(10)4)15-11-5-6-13(14-8-11)16(2)3/h5-6,8,10,12,15H,7,9H2,1-4H3. The summed E-state index contributed by atoms with van der Waals surface area (Å²) in [4.78, 5) is 8.81. The second-order valence-electron chi connectivity index (χ2n) is 5.17. The summed E-state index contributed by atoms with van der Waals surface area (Å²) in [5.74, 6) is 0.993. The third kappa shape index (κ3) is 2.88. The lowest BCUT2D eigenvalue weighted by Crippen LogP contribution is -2.24. The highest BCUT2D eigenvalue weighted by Crippen LogP contribution is 2.20. The summed E-state index contributed by atoms with van der Waals surface area (Å²) in [6.07, 6.45) is 3.12. The van der Waals surface area contributed by atoms with Crippen LogP contribution in [0.3, 0.4) is 0 Å². The summed E-state index contributed by atoms with van der Waals surface area (Å²) in [5, 5.41) is 3.55. The molecule has 2 unspecified atom stereocenters. The molecule has 4 heteroatoms. The molecule has 0 radical (unpaired) electrons. The minimum Gasteiger partial charge on any atom is -0.380 e. The first-order chi connectivity index (χ1) is 8.06. The average molecular weight is 234 g/mol. The van der Waals surface area contributed by atoms with E-state index in [1.54, 1.807) is 0 Å². The van der Waals surface area contributed by atoms with E-state index in [9.17, 15) is 0 Å². The molecule has 0 aromatic carbocycles. The van der Waals surface area contributed by atoms with Crippen LogP contribution in [0.2, 0.25) is 0 Å². The van der Waals surface area contributed by atoms with Crippen LogP contribution in [-0.4, -0.2) is 49.7 Å². The fourth-order valence-corrected chi connectivity index (χ4v) is 2.27. The van der Waals surface area contributed by atoms with Crippen molar-refractivity contribution < 1.29 is 0 Å². The van der Waals surface area contributed by atoms with Crippen LogP contribution >= 0.6 is 0 Å². The van der Waals surface area contributed by atoms with Crippen molar-refractivity contribution in [3.05, 3.63) is 18.3 Å². The van der Waals surface area contributed by atoms with E-state index in [2.05, 4.69) is 35.2 Å². The van der Waals surface area contributed by atoms with Crippen molar-refractivity contribution >= 4 is 11.5 Å². The molecule has 0 amide bonds. The van der Waals surface area contributed by atoms with E-state index in [0.29, 0.717) is 12.1 Å². The number of rotatable bonds is 3. The molecule has 1 aromatic rings. The zero-order valence-corrected chi connectivity index (χ0v) is 11.1. The fourth-order valence-electron chi connectivity index (χ4n) is 2.27. The molecule has 2 rings (SSSR count). The lowest BCUT2D eigenvalue weighted by atomic mass is 10.2. The summed E-state index contributed by atoms with van der Waals surface area (Å²) in [6.45, 7) is 3.38. The van der Waals surface area contributed by atoms with Gasteiger partial charge in [0.2, 0.25) is 0 Å². The van der Waals surface area contributed by atoms with Crippen LogP contribution in [-0.2, 0) is 0 Å². The van der Waals surface area contributed by atoms with E-state index in [1.165, 1.54) is 6.42 Å². The number of anilines is 2. The maximum Gasteiger partial charge on any atom is 0.128 e. The van der Waals surface area contributed by atoms with Crippen molar-refractivity contribution in [2.75, 3.05) is 37.9 Å². The molecule has 1 N–H and O–H groups in total. The number of pyridine rings is 1. The van der Waals surface area contributed by atoms with Gasteiger partial charge in [-0.2, -0.15) is 0 Å². The van der Waals surface area contributed by atoms with Gasteiger partial charge in [-0.05, 0) is 32.5 Å². The van der Waals surface area contributed by atoms with Crippen LogP contribution in [0.25, 0.3) is 0 Å². The highest BCUT2D eigenvalue weighted by atomic mass is 15.2. The van der Waals surface area contributed by atoms with Crippen LogP contribution in [0.4, 0.5) is 11.5 Å². The van der Waals surface area contributed by atoms with Crippen LogP contribution in [0.15, 0.2) is 18.3 Å². The molecule has 17 heavy (non-hydrogen) atoms. The number of hydrogen-bond donors (Lipinski definition) is 1. The maximum atomic E-state index is 4.41. The molecule has 4 nitrogen and oxygen atoms in total. The normalized spacial score (nSPS) is 24.9. The van der Waals surface area contributed by atoms with Gasteiger partial charge in [-0.3, -0.25) is 0 Å². The van der Waals surface area contributed by atoms with E-state index < -0.39 is 0 Å². The second kappa shape index (κ2) is 4.92. The Morgan fingerprint density at radius 1 is 1.41 bits per heavy atom. The third-order valence-corrected chi connectivity index (χ3v) is 3.46.